The van der Waals surface area contributed by atoms with E-state index in [4.69, 9.17) is 0 Å². The molecule has 0 aromatic heterocycles. The standard InChI is InChI=1S/C12H26N2/c1-5-11(6-2)14(4)12-7-8-13-10(3)9-12/h10-13H,5-9H2,1-4H3. The molecular formula is C12H26N2. The van der Waals surface area contributed by atoms with Gasteiger partial charge in [-0.15, -0.1) is 0 Å². The molecule has 2 atom stereocenters. The van der Waals surface area contributed by atoms with Crippen LogP contribution in [0.25, 0.3) is 0 Å². The molecular weight excluding hydrogens is 172 g/mol. The van der Waals surface area contributed by atoms with Gasteiger partial charge in [0.1, 0.15) is 0 Å². The van der Waals surface area contributed by atoms with Crippen LogP contribution in [0.2, 0.25) is 0 Å². The first-order valence-electron chi connectivity index (χ1n) is 6.14. The Morgan fingerprint density at radius 1 is 1.36 bits per heavy atom. The SMILES string of the molecule is CCC(CC)N(C)C1CCNC(C)C1. The van der Waals surface area contributed by atoms with Crippen molar-refractivity contribution in [3.05, 3.63) is 0 Å². The molecule has 1 saturated heterocycles. The maximum atomic E-state index is 3.52. The molecule has 0 spiro atoms. The molecule has 0 aromatic carbocycles. The quantitative estimate of drug-likeness (QED) is 0.745. The van der Waals surface area contributed by atoms with Gasteiger partial charge in [0.05, 0.1) is 0 Å². The first-order valence-corrected chi connectivity index (χ1v) is 6.14. The molecule has 2 unspecified atom stereocenters. The molecule has 2 nitrogen and oxygen atoms in total. The Labute approximate surface area is 89.1 Å². The summed E-state index contributed by atoms with van der Waals surface area (Å²) in [6.45, 7) is 8.09. The molecule has 84 valence electrons. The zero-order valence-corrected chi connectivity index (χ0v) is 10.2. The minimum atomic E-state index is 0.700. The van der Waals surface area contributed by atoms with Crippen molar-refractivity contribution in [3.63, 3.8) is 0 Å². The van der Waals surface area contributed by atoms with E-state index in [-0.39, 0.29) is 0 Å². The van der Waals surface area contributed by atoms with E-state index in [9.17, 15) is 0 Å². The lowest BCUT2D eigenvalue weighted by Crippen LogP contribution is -2.48. The van der Waals surface area contributed by atoms with Gasteiger partial charge in [-0.1, -0.05) is 13.8 Å². The molecule has 1 aliphatic heterocycles. The summed E-state index contributed by atoms with van der Waals surface area (Å²) in [6.07, 6.45) is 5.20. The number of nitrogens with zero attached hydrogens (tertiary/aromatic N) is 1. The highest BCUT2D eigenvalue weighted by Crippen LogP contribution is 2.19. The van der Waals surface area contributed by atoms with Crippen molar-refractivity contribution < 1.29 is 0 Å². The van der Waals surface area contributed by atoms with Gasteiger partial charge in [-0.2, -0.15) is 0 Å². The highest BCUT2D eigenvalue weighted by Gasteiger charge is 2.24. The normalized spacial score (nSPS) is 28.7. The topological polar surface area (TPSA) is 15.3 Å². The van der Waals surface area contributed by atoms with E-state index < -0.39 is 0 Å². The Kier molecular flexibility index (Phi) is 4.90. The van der Waals surface area contributed by atoms with Crippen LogP contribution in [0, 0.1) is 0 Å². The fourth-order valence-electron chi connectivity index (χ4n) is 2.64. The van der Waals surface area contributed by atoms with Gasteiger partial charge in [-0.3, -0.25) is 0 Å². The van der Waals surface area contributed by atoms with Gasteiger partial charge in [0.2, 0.25) is 0 Å². The Balaban J connectivity index is 2.45. The largest absolute Gasteiger partial charge is 0.314 e. The van der Waals surface area contributed by atoms with Gasteiger partial charge in [0.25, 0.3) is 0 Å². The molecule has 0 aliphatic carbocycles. The van der Waals surface area contributed by atoms with E-state index in [2.05, 4.69) is 38.0 Å². The maximum Gasteiger partial charge on any atom is 0.0122 e. The van der Waals surface area contributed by atoms with E-state index in [1.807, 2.05) is 0 Å². The summed E-state index contributed by atoms with van der Waals surface area (Å²) in [6, 6.07) is 2.28. The minimum Gasteiger partial charge on any atom is -0.314 e. The molecule has 14 heavy (non-hydrogen) atoms. The van der Waals surface area contributed by atoms with Crippen molar-refractivity contribution in [2.24, 2.45) is 0 Å². The summed E-state index contributed by atoms with van der Waals surface area (Å²) in [5.41, 5.74) is 0. The maximum absolute atomic E-state index is 3.52. The zero-order chi connectivity index (χ0) is 10.6. The van der Waals surface area contributed by atoms with E-state index in [1.165, 1.54) is 32.2 Å². The smallest absolute Gasteiger partial charge is 0.0122 e. The molecule has 0 amide bonds. The molecule has 0 bridgehead atoms. The second-order valence-corrected chi connectivity index (χ2v) is 4.67. The lowest BCUT2D eigenvalue weighted by atomic mass is 9.97. The van der Waals surface area contributed by atoms with E-state index >= 15 is 0 Å². The van der Waals surface area contributed by atoms with Crippen molar-refractivity contribution in [1.82, 2.24) is 10.2 Å². The predicted octanol–water partition coefficient (Wildman–Crippen LogP) is 2.25. The summed E-state index contributed by atoms with van der Waals surface area (Å²) in [5, 5.41) is 3.52. The van der Waals surface area contributed by atoms with Crippen molar-refractivity contribution in [1.29, 1.82) is 0 Å². The number of hydrogen-bond donors (Lipinski definition) is 1. The lowest BCUT2D eigenvalue weighted by Gasteiger charge is -2.39. The van der Waals surface area contributed by atoms with Crippen molar-refractivity contribution in [2.45, 2.75) is 64.6 Å². The van der Waals surface area contributed by atoms with Crippen molar-refractivity contribution >= 4 is 0 Å². The van der Waals surface area contributed by atoms with Crippen LogP contribution < -0.4 is 5.32 Å². The Hall–Kier alpha value is -0.0800. The summed E-state index contributed by atoms with van der Waals surface area (Å²) >= 11 is 0. The predicted molar refractivity (Wildman–Crippen MR) is 62.6 cm³/mol. The summed E-state index contributed by atoms with van der Waals surface area (Å²) in [5.74, 6) is 0. The Bertz CT molecular complexity index is 154. The molecule has 1 heterocycles. The number of rotatable bonds is 4. The van der Waals surface area contributed by atoms with Crippen LogP contribution in [0.5, 0.6) is 0 Å². The fraction of sp³-hybridized carbons (Fsp3) is 1.00. The number of nitrogens with one attached hydrogen (secondary N) is 1. The molecule has 1 N–H and O–H groups in total. The van der Waals surface area contributed by atoms with Gasteiger partial charge in [0.15, 0.2) is 0 Å². The fourth-order valence-corrected chi connectivity index (χ4v) is 2.64. The van der Waals surface area contributed by atoms with Crippen LogP contribution in [0.4, 0.5) is 0 Å². The third kappa shape index (κ3) is 2.96. The second kappa shape index (κ2) is 5.72. The first kappa shape index (κ1) is 12.0. The van der Waals surface area contributed by atoms with E-state index in [0.717, 1.165) is 12.1 Å². The Morgan fingerprint density at radius 2 is 2.00 bits per heavy atom. The van der Waals surface area contributed by atoms with Crippen LogP contribution in [-0.2, 0) is 0 Å². The van der Waals surface area contributed by atoms with E-state index in [1.54, 1.807) is 0 Å². The highest BCUT2D eigenvalue weighted by molar-refractivity contribution is 4.83. The molecule has 1 rings (SSSR count). The molecule has 1 aliphatic rings. The summed E-state index contributed by atoms with van der Waals surface area (Å²) in [4.78, 5) is 2.61. The van der Waals surface area contributed by atoms with Crippen LogP contribution in [0.3, 0.4) is 0 Å². The van der Waals surface area contributed by atoms with Gasteiger partial charge in [-0.25, -0.2) is 0 Å². The molecule has 1 fully saturated rings. The average Bonchev–Trinajstić information content (AvgIpc) is 2.19. The molecule has 2 heteroatoms. The second-order valence-electron chi connectivity index (χ2n) is 4.67. The summed E-state index contributed by atoms with van der Waals surface area (Å²) < 4.78 is 0. The average molecular weight is 198 g/mol. The molecule has 0 radical (unpaired) electrons. The summed E-state index contributed by atoms with van der Waals surface area (Å²) in [7, 11) is 2.31. The third-order valence-electron chi connectivity index (χ3n) is 3.69. The van der Waals surface area contributed by atoms with Gasteiger partial charge >= 0.3 is 0 Å². The van der Waals surface area contributed by atoms with Crippen LogP contribution in [-0.4, -0.2) is 36.6 Å². The third-order valence-corrected chi connectivity index (χ3v) is 3.69. The number of piperidine rings is 1. The zero-order valence-electron chi connectivity index (χ0n) is 10.2. The van der Waals surface area contributed by atoms with Crippen molar-refractivity contribution in [3.8, 4) is 0 Å². The lowest BCUT2D eigenvalue weighted by molar-refractivity contribution is 0.123. The molecule has 0 aromatic rings. The van der Waals surface area contributed by atoms with Crippen molar-refractivity contribution in [2.75, 3.05) is 13.6 Å². The Morgan fingerprint density at radius 3 is 2.50 bits per heavy atom. The van der Waals surface area contributed by atoms with Gasteiger partial charge in [0, 0.05) is 18.1 Å². The van der Waals surface area contributed by atoms with Gasteiger partial charge < -0.3 is 10.2 Å². The minimum absolute atomic E-state index is 0.700. The van der Waals surface area contributed by atoms with Crippen LogP contribution in [0.15, 0.2) is 0 Å². The number of hydrogen-bond acceptors (Lipinski definition) is 2. The van der Waals surface area contributed by atoms with Crippen LogP contribution >= 0.6 is 0 Å². The monoisotopic (exact) mass is 198 g/mol. The molecule has 0 saturated carbocycles. The van der Waals surface area contributed by atoms with Gasteiger partial charge in [-0.05, 0) is 46.2 Å². The first-order chi connectivity index (χ1) is 6.69. The van der Waals surface area contributed by atoms with Crippen LogP contribution in [0.1, 0.15) is 46.5 Å². The van der Waals surface area contributed by atoms with E-state index in [0.29, 0.717) is 6.04 Å². The highest BCUT2D eigenvalue weighted by atomic mass is 15.2.